The zero-order valence-corrected chi connectivity index (χ0v) is 11.9. The molecule has 104 valence electrons. The second-order valence-electron chi connectivity index (χ2n) is 5.25. The van der Waals surface area contributed by atoms with Crippen molar-refractivity contribution >= 4 is 12.1 Å². The predicted molar refractivity (Wildman–Crippen MR) is 76.1 cm³/mol. The highest BCUT2D eigenvalue weighted by Crippen LogP contribution is 2.12. The fraction of sp³-hybridized carbons (Fsp3) is 0.400. The summed E-state index contributed by atoms with van der Waals surface area (Å²) in [6.07, 6.45) is 3.30. The lowest BCUT2D eigenvalue weighted by atomic mass is 10.1. The number of nitrogens with zero attached hydrogens (tertiary/aromatic N) is 1. The highest BCUT2D eigenvalue weighted by molar-refractivity contribution is 5.76. The zero-order chi connectivity index (χ0) is 14.5. The predicted octanol–water partition coefficient (Wildman–Crippen LogP) is 3.63. The van der Waals surface area contributed by atoms with Crippen molar-refractivity contribution in [3.63, 3.8) is 0 Å². The molecule has 1 aromatic rings. The molecule has 0 unspecified atom stereocenters. The number of nitrogens with one attached hydrogen (secondary N) is 1. The number of carbonyl (C=O) groups is 1. The molecule has 0 radical (unpaired) electrons. The summed E-state index contributed by atoms with van der Waals surface area (Å²) in [5, 5.41) is 2.72. The molecule has 0 spiro atoms. The fourth-order valence-corrected chi connectivity index (χ4v) is 1.78. The van der Waals surface area contributed by atoms with Crippen molar-refractivity contribution in [2.24, 2.45) is 0 Å². The van der Waals surface area contributed by atoms with E-state index in [0.717, 1.165) is 5.56 Å². The summed E-state index contributed by atoms with van der Waals surface area (Å²) in [6.45, 7) is 8.54. The van der Waals surface area contributed by atoms with Crippen LogP contribution in [0, 0.1) is 5.82 Å². The molecule has 1 aromatic carbocycles. The van der Waals surface area contributed by atoms with E-state index in [2.05, 4.69) is 5.32 Å². The first-order valence-electron chi connectivity index (χ1n) is 6.35. The van der Waals surface area contributed by atoms with Crippen molar-refractivity contribution in [2.75, 3.05) is 6.54 Å². The largest absolute Gasteiger partial charge is 0.321 e. The number of rotatable bonds is 3. The van der Waals surface area contributed by atoms with Crippen LogP contribution in [0.1, 0.15) is 33.3 Å². The first-order chi connectivity index (χ1) is 8.84. The van der Waals surface area contributed by atoms with Gasteiger partial charge in [0.1, 0.15) is 5.82 Å². The molecule has 0 saturated heterocycles. The van der Waals surface area contributed by atoms with Crippen LogP contribution in [0.2, 0.25) is 0 Å². The Hall–Kier alpha value is -1.84. The molecular formula is C15H21FN2O. The van der Waals surface area contributed by atoms with E-state index in [9.17, 15) is 9.18 Å². The third-order valence-electron chi connectivity index (χ3n) is 2.72. The lowest BCUT2D eigenvalue weighted by molar-refractivity contribution is 0.153. The molecule has 1 rings (SSSR count). The van der Waals surface area contributed by atoms with Gasteiger partial charge >= 0.3 is 6.03 Å². The maximum Gasteiger partial charge on any atom is 0.321 e. The van der Waals surface area contributed by atoms with Crippen LogP contribution < -0.4 is 5.32 Å². The van der Waals surface area contributed by atoms with Gasteiger partial charge in [-0.25, -0.2) is 9.18 Å². The minimum Gasteiger partial charge on any atom is -0.320 e. The average Bonchev–Trinajstić information content (AvgIpc) is 2.30. The molecule has 0 saturated carbocycles. The van der Waals surface area contributed by atoms with Gasteiger partial charge in [-0.1, -0.05) is 12.1 Å². The topological polar surface area (TPSA) is 32.3 Å². The summed E-state index contributed by atoms with van der Waals surface area (Å²) in [6, 6.07) is 5.93. The Kier molecular flexibility index (Phi) is 5.10. The van der Waals surface area contributed by atoms with Crippen LogP contribution in [0.4, 0.5) is 9.18 Å². The summed E-state index contributed by atoms with van der Waals surface area (Å²) < 4.78 is 12.7. The minimum atomic E-state index is -0.272. The monoisotopic (exact) mass is 264 g/mol. The normalized spacial score (nSPS) is 11.6. The SMILES string of the molecule is CCN(C(=O)N/C=C/c1ccc(F)cc1)C(C)(C)C. The second-order valence-corrected chi connectivity index (χ2v) is 5.25. The second kappa shape index (κ2) is 6.36. The molecule has 3 nitrogen and oxygen atoms in total. The van der Waals surface area contributed by atoms with Crippen LogP contribution in [0.15, 0.2) is 30.5 Å². The molecule has 1 N–H and O–H groups in total. The quantitative estimate of drug-likeness (QED) is 0.888. The van der Waals surface area contributed by atoms with Gasteiger partial charge < -0.3 is 10.2 Å². The van der Waals surface area contributed by atoms with Crippen molar-refractivity contribution in [1.82, 2.24) is 10.2 Å². The van der Waals surface area contributed by atoms with Crippen molar-refractivity contribution in [3.05, 3.63) is 41.8 Å². The Morgan fingerprint density at radius 3 is 2.37 bits per heavy atom. The molecule has 0 atom stereocenters. The number of hydrogen-bond donors (Lipinski definition) is 1. The van der Waals surface area contributed by atoms with Crippen molar-refractivity contribution in [3.8, 4) is 0 Å². The Labute approximate surface area is 114 Å². The Balaban J connectivity index is 2.61. The Morgan fingerprint density at radius 1 is 1.32 bits per heavy atom. The van der Waals surface area contributed by atoms with E-state index in [1.807, 2.05) is 27.7 Å². The molecule has 0 aliphatic heterocycles. The maximum atomic E-state index is 12.7. The van der Waals surface area contributed by atoms with Crippen LogP contribution in [0.25, 0.3) is 6.08 Å². The smallest absolute Gasteiger partial charge is 0.320 e. The van der Waals surface area contributed by atoms with Gasteiger partial charge in [-0.05, 0) is 51.5 Å². The molecule has 0 aliphatic rings. The number of urea groups is 1. The molecular weight excluding hydrogens is 243 g/mol. The van der Waals surface area contributed by atoms with Crippen molar-refractivity contribution in [2.45, 2.75) is 33.2 Å². The number of benzene rings is 1. The van der Waals surface area contributed by atoms with Crippen molar-refractivity contribution in [1.29, 1.82) is 0 Å². The molecule has 4 heteroatoms. The summed E-state index contributed by atoms with van der Waals surface area (Å²) >= 11 is 0. The summed E-state index contributed by atoms with van der Waals surface area (Å²) in [7, 11) is 0. The highest BCUT2D eigenvalue weighted by atomic mass is 19.1. The summed E-state index contributed by atoms with van der Waals surface area (Å²) in [4.78, 5) is 13.7. The van der Waals surface area contributed by atoms with Gasteiger partial charge in [-0.15, -0.1) is 0 Å². The van der Waals surface area contributed by atoms with Crippen LogP contribution >= 0.6 is 0 Å². The van der Waals surface area contributed by atoms with E-state index in [1.54, 1.807) is 29.3 Å². The third-order valence-corrected chi connectivity index (χ3v) is 2.72. The standard InChI is InChI=1S/C15H21FN2O/c1-5-18(15(2,3)4)14(19)17-11-10-12-6-8-13(16)9-7-12/h6-11H,5H2,1-4H3,(H,17,19)/b11-10+. The molecule has 0 aliphatic carbocycles. The van der Waals surface area contributed by atoms with E-state index in [4.69, 9.17) is 0 Å². The molecule has 0 heterocycles. The summed E-state index contributed by atoms with van der Waals surface area (Å²) in [5.74, 6) is -0.272. The van der Waals surface area contributed by atoms with E-state index in [0.29, 0.717) is 6.54 Å². The Morgan fingerprint density at radius 2 is 1.89 bits per heavy atom. The van der Waals surface area contributed by atoms with Gasteiger partial charge in [-0.3, -0.25) is 0 Å². The van der Waals surface area contributed by atoms with Gasteiger partial charge in [-0.2, -0.15) is 0 Å². The lowest BCUT2D eigenvalue weighted by Gasteiger charge is -2.34. The maximum absolute atomic E-state index is 12.7. The van der Waals surface area contributed by atoms with E-state index in [-0.39, 0.29) is 17.4 Å². The summed E-state index contributed by atoms with van der Waals surface area (Å²) in [5.41, 5.74) is 0.614. The Bertz CT molecular complexity index is 446. The molecule has 0 aromatic heterocycles. The van der Waals surface area contributed by atoms with Crippen LogP contribution in [-0.2, 0) is 0 Å². The van der Waals surface area contributed by atoms with Gasteiger partial charge in [0.2, 0.25) is 0 Å². The van der Waals surface area contributed by atoms with E-state index >= 15 is 0 Å². The highest BCUT2D eigenvalue weighted by Gasteiger charge is 2.23. The lowest BCUT2D eigenvalue weighted by Crippen LogP contribution is -2.48. The zero-order valence-electron chi connectivity index (χ0n) is 11.9. The van der Waals surface area contributed by atoms with Crippen LogP contribution in [-0.4, -0.2) is 23.0 Å². The molecule has 19 heavy (non-hydrogen) atoms. The van der Waals surface area contributed by atoms with Crippen LogP contribution in [0.3, 0.4) is 0 Å². The molecule has 0 fully saturated rings. The minimum absolute atomic E-state index is 0.145. The van der Waals surface area contributed by atoms with E-state index < -0.39 is 0 Å². The fourth-order valence-electron chi connectivity index (χ4n) is 1.78. The number of amides is 2. The van der Waals surface area contributed by atoms with Crippen LogP contribution in [0.5, 0.6) is 0 Å². The third kappa shape index (κ3) is 4.73. The molecule has 2 amide bonds. The van der Waals surface area contributed by atoms with Crippen molar-refractivity contribution < 1.29 is 9.18 Å². The number of halogens is 1. The van der Waals surface area contributed by atoms with E-state index in [1.165, 1.54) is 12.1 Å². The first-order valence-corrected chi connectivity index (χ1v) is 6.35. The van der Waals surface area contributed by atoms with Gasteiger partial charge in [0, 0.05) is 18.3 Å². The van der Waals surface area contributed by atoms with Gasteiger partial charge in [0.05, 0.1) is 0 Å². The number of carbonyl (C=O) groups excluding carboxylic acids is 1. The van der Waals surface area contributed by atoms with Gasteiger partial charge in [0.15, 0.2) is 0 Å². The molecule has 0 bridgehead atoms. The number of hydrogen-bond acceptors (Lipinski definition) is 1. The first kappa shape index (κ1) is 15.2. The van der Waals surface area contributed by atoms with Gasteiger partial charge in [0.25, 0.3) is 0 Å². The average molecular weight is 264 g/mol.